The Morgan fingerprint density at radius 1 is 1.45 bits per heavy atom. The monoisotopic (exact) mass is 292 g/mol. The molecule has 0 saturated heterocycles. The van der Waals surface area contributed by atoms with Crippen LogP contribution in [0, 0.1) is 6.92 Å². The summed E-state index contributed by atoms with van der Waals surface area (Å²) in [6.45, 7) is 7.25. The van der Waals surface area contributed by atoms with E-state index >= 15 is 0 Å². The number of hydrogen-bond donors (Lipinski definition) is 2. The van der Waals surface area contributed by atoms with Crippen LogP contribution in [0.15, 0.2) is 33.0 Å². The van der Waals surface area contributed by atoms with Crippen molar-refractivity contribution in [3.63, 3.8) is 0 Å². The molecule has 1 heterocycles. The summed E-state index contributed by atoms with van der Waals surface area (Å²) >= 11 is 1.48. The highest BCUT2D eigenvalue weighted by Crippen LogP contribution is 2.26. The molecule has 1 aromatic heterocycles. The molecule has 2 N–H and O–H groups in total. The highest BCUT2D eigenvalue weighted by Gasteiger charge is 2.08. The van der Waals surface area contributed by atoms with Crippen molar-refractivity contribution in [3.8, 4) is 0 Å². The van der Waals surface area contributed by atoms with Crippen molar-refractivity contribution in [1.29, 1.82) is 0 Å². The zero-order valence-corrected chi connectivity index (χ0v) is 13.0. The molecule has 0 saturated carbocycles. The molecule has 108 valence electrons. The third-order valence-electron chi connectivity index (χ3n) is 3.06. The molecule has 0 spiro atoms. The Bertz CT molecular complexity index is 645. The summed E-state index contributed by atoms with van der Waals surface area (Å²) in [7, 11) is 1.71. The van der Waals surface area contributed by atoms with Crippen molar-refractivity contribution in [3.05, 3.63) is 39.8 Å². The molecule has 0 aliphatic rings. The second-order valence-corrected chi connectivity index (χ2v) is 6.14. The van der Waals surface area contributed by atoms with Crippen LogP contribution in [-0.2, 0) is 13.6 Å². The largest absolute Gasteiger partial charge is 0.343 e. The number of rotatable bonds is 5. The minimum Gasteiger partial charge on any atom is -0.310 e. The fourth-order valence-electron chi connectivity index (χ4n) is 1.77. The van der Waals surface area contributed by atoms with Crippen LogP contribution in [0.4, 0.5) is 0 Å². The smallest absolute Gasteiger partial charge is 0.310 e. The maximum absolute atomic E-state index is 11.3. The first-order chi connectivity index (χ1) is 9.47. The third kappa shape index (κ3) is 3.52. The van der Waals surface area contributed by atoms with Crippen LogP contribution in [0.25, 0.3) is 0 Å². The highest BCUT2D eigenvalue weighted by molar-refractivity contribution is 7.99. The first-order valence-electron chi connectivity index (χ1n) is 6.59. The lowest BCUT2D eigenvalue weighted by Crippen LogP contribution is -2.22. The van der Waals surface area contributed by atoms with E-state index in [0.717, 1.165) is 11.4 Å². The molecular formula is C14H20N4OS. The molecular weight excluding hydrogens is 272 g/mol. The van der Waals surface area contributed by atoms with Gasteiger partial charge in [0.05, 0.1) is 0 Å². The maximum Gasteiger partial charge on any atom is 0.343 e. The molecule has 0 fully saturated rings. The van der Waals surface area contributed by atoms with Gasteiger partial charge >= 0.3 is 5.69 Å². The Balaban J connectivity index is 2.13. The van der Waals surface area contributed by atoms with Crippen molar-refractivity contribution >= 4 is 11.8 Å². The Hall–Kier alpha value is -1.53. The molecule has 1 aromatic carbocycles. The van der Waals surface area contributed by atoms with Crippen LogP contribution in [0.2, 0.25) is 0 Å². The van der Waals surface area contributed by atoms with E-state index in [2.05, 4.69) is 54.5 Å². The van der Waals surface area contributed by atoms with E-state index in [1.54, 1.807) is 7.05 Å². The standard InChI is InChI=1S/C14H20N4OS/c1-9(2)15-8-11-5-6-12(7-10(11)3)20-14-17-16-13(19)18(14)4/h5-7,9,15H,8H2,1-4H3,(H,16,19). The van der Waals surface area contributed by atoms with Crippen LogP contribution < -0.4 is 11.0 Å². The Morgan fingerprint density at radius 2 is 2.20 bits per heavy atom. The SMILES string of the molecule is Cc1cc(Sc2n[nH]c(=O)n2C)ccc1CNC(C)C. The van der Waals surface area contributed by atoms with Gasteiger partial charge in [0, 0.05) is 24.5 Å². The second kappa shape index (κ2) is 6.28. The number of benzene rings is 1. The first-order valence-corrected chi connectivity index (χ1v) is 7.41. The number of nitrogens with zero attached hydrogens (tertiary/aromatic N) is 2. The minimum absolute atomic E-state index is 0.193. The van der Waals surface area contributed by atoms with Gasteiger partial charge in [0.1, 0.15) is 0 Å². The van der Waals surface area contributed by atoms with Gasteiger partial charge in [-0.05, 0) is 41.9 Å². The Morgan fingerprint density at radius 3 is 2.75 bits per heavy atom. The molecule has 0 aliphatic heterocycles. The topological polar surface area (TPSA) is 62.7 Å². The van der Waals surface area contributed by atoms with Crippen molar-refractivity contribution in [1.82, 2.24) is 20.1 Å². The fraction of sp³-hybridized carbons (Fsp3) is 0.429. The van der Waals surface area contributed by atoms with Gasteiger partial charge in [-0.15, -0.1) is 5.10 Å². The van der Waals surface area contributed by atoms with E-state index in [1.165, 1.54) is 27.5 Å². The molecule has 0 atom stereocenters. The Kier molecular flexibility index (Phi) is 4.67. The third-order valence-corrected chi connectivity index (χ3v) is 4.10. The van der Waals surface area contributed by atoms with Crippen LogP contribution in [0.1, 0.15) is 25.0 Å². The first kappa shape index (κ1) is 14.9. The van der Waals surface area contributed by atoms with E-state index in [1.807, 2.05) is 0 Å². The number of nitrogens with one attached hydrogen (secondary N) is 2. The van der Waals surface area contributed by atoms with Crippen LogP contribution in [0.5, 0.6) is 0 Å². The summed E-state index contributed by atoms with van der Waals surface area (Å²) in [5, 5.41) is 10.5. The molecule has 2 aromatic rings. The maximum atomic E-state index is 11.3. The molecule has 6 heteroatoms. The van der Waals surface area contributed by atoms with Gasteiger partial charge in [-0.2, -0.15) is 0 Å². The number of H-pyrrole nitrogens is 1. The summed E-state index contributed by atoms with van der Waals surface area (Å²) in [6, 6.07) is 6.79. The van der Waals surface area contributed by atoms with Crippen LogP contribution in [0.3, 0.4) is 0 Å². The van der Waals surface area contributed by atoms with Gasteiger partial charge < -0.3 is 5.32 Å². The summed E-state index contributed by atoms with van der Waals surface area (Å²) in [5.74, 6) is 0. The lowest BCUT2D eigenvalue weighted by Gasteiger charge is -2.11. The Labute approximate surface area is 122 Å². The lowest BCUT2D eigenvalue weighted by molar-refractivity contribution is 0.587. The molecule has 0 bridgehead atoms. The summed E-state index contributed by atoms with van der Waals surface area (Å²) in [6.07, 6.45) is 0. The van der Waals surface area contributed by atoms with E-state index < -0.39 is 0 Å². The van der Waals surface area contributed by atoms with Crippen molar-refractivity contribution in [2.24, 2.45) is 7.05 Å². The number of aromatic nitrogens is 3. The predicted molar refractivity (Wildman–Crippen MR) is 81.1 cm³/mol. The predicted octanol–water partition coefficient (Wildman–Crippen LogP) is 2.07. The zero-order chi connectivity index (χ0) is 14.7. The van der Waals surface area contributed by atoms with E-state index in [0.29, 0.717) is 11.2 Å². The number of aromatic amines is 1. The van der Waals surface area contributed by atoms with E-state index in [9.17, 15) is 4.79 Å². The average molecular weight is 292 g/mol. The van der Waals surface area contributed by atoms with Gasteiger partial charge in [-0.25, -0.2) is 9.89 Å². The van der Waals surface area contributed by atoms with Gasteiger partial charge in [0.2, 0.25) is 0 Å². The van der Waals surface area contributed by atoms with Crippen molar-refractivity contribution in [2.45, 2.75) is 43.4 Å². The number of hydrogen-bond acceptors (Lipinski definition) is 4. The zero-order valence-electron chi connectivity index (χ0n) is 12.2. The van der Waals surface area contributed by atoms with Crippen molar-refractivity contribution < 1.29 is 0 Å². The van der Waals surface area contributed by atoms with Gasteiger partial charge in [0.25, 0.3) is 0 Å². The minimum atomic E-state index is -0.193. The number of aryl methyl sites for hydroxylation is 1. The summed E-state index contributed by atoms with van der Waals surface area (Å²) < 4.78 is 1.51. The van der Waals surface area contributed by atoms with Gasteiger partial charge in [0.15, 0.2) is 5.16 Å². The molecule has 2 rings (SSSR count). The molecule has 0 aliphatic carbocycles. The highest BCUT2D eigenvalue weighted by atomic mass is 32.2. The summed E-state index contributed by atoms with van der Waals surface area (Å²) in [4.78, 5) is 12.4. The van der Waals surface area contributed by atoms with Crippen molar-refractivity contribution in [2.75, 3.05) is 0 Å². The summed E-state index contributed by atoms with van der Waals surface area (Å²) in [5.41, 5.74) is 2.34. The van der Waals surface area contributed by atoms with E-state index in [-0.39, 0.29) is 5.69 Å². The quantitative estimate of drug-likeness (QED) is 0.885. The van der Waals surface area contributed by atoms with Gasteiger partial charge in [-0.3, -0.25) is 4.57 Å². The fourth-order valence-corrected chi connectivity index (χ4v) is 2.67. The molecule has 5 nitrogen and oxygen atoms in total. The lowest BCUT2D eigenvalue weighted by atomic mass is 10.1. The molecule has 0 unspecified atom stereocenters. The molecule has 20 heavy (non-hydrogen) atoms. The average Bonchev–Trinajstić information content (AvgIpc) is 2.69. The molecule has 0 radical (unpaired) electrons. The van der Waals surface area contributed by atoms with Gasteiger partial charge in [-0.1, -0.05) is 19.9 Å². The van der Waals surface area contributed by atoms with Crippen LogP contribution >= 0.6 is 11.8 Å². The van der Waals surface area contributed by atoms with Crippen LogP contribution in [-0.4, -0.2) is 20.8 Å². The molecule has 0 amide bonds. The van der Waals surface area contributed by atoms with E-state index in [4.69, 9.17) is 0 Å². The normalized spacial score (nSPS) is 11.2. The second-order valence-electron chi connectivity index (χ2n) is 5.10.